The molecular formula is C17H30N6O4. The highest BCUT2D eigenvalue weighted by atomic mass is 16.5. The Hall–Kier alpha value is -2.17. The molecule has 2 aromatic rings. The number of H-pyrrole nitrogens is 1. The van der Waals surface area contributed by atoms with Crippen molar-refractivity contribution in [2.75, 3.05) is 31.3 Å². The maximum absolute atomic E-state index is 11.8. The maximum Gasteiger partial charge on any atom is 0.280 e. The van der Waals surface area contributed by atoms with Crippen molar-refractivity contribution in [3.05, 3.63) is 10.4 Å². The minimum atomic E-state index is -0.513. The molecule has 1 atom stereocenters. The maximum atomic E-state index is 11.8. The molecule has 0 amide bonds. The lowest BCUT2D eigenvalue weighted by Crippen LogP contribution is -2.26. The summed E-state index contributed by atoms with van der Waals surface area (Å²) in [5, 5.41) is 9.47. The van der Waals surface area contributed by atoms with Crippen molar-refractivity contribution in [3.8, 4) is 0 Å². The van der Waals surface area contributed by atoms with Gasteiger partial charge in [0.1, 0.15) is 12.8 Å². The molecule has 10 nitrogen and oxygen atoms in total. The number of aromatic amines is 1. The number of nitrogens with zero attached hydrogens (tertiary/aromatic N) is 3. The zero-order valence-corrected chi connectivity index (χ0v) is 15.8. The first-order chi connectivity index (χ1) is 13.1. The monoisotopic (exact) mass is 382 g/mol. The number of hydrogen-bond acceptors (Lipinski definition) is 8. The highest BCUT2D eigenvalue weighted by Gasteiger charge is 2.16. The number of aliphatic hydroxyl groups is 1. The van der Waals surface area contributed by atoms with Crippen molar-refractivity contribution in [1.29, 1.82) is 0 Å². The van der Waals surface area contributed by atoms with Crippen molar-refractivity contribution in [3.63, 3.8) is 0 Å². The standard InChI is InChI=1S/C17H30N6O4/c1-2-3-4-5-6-7-8-26-10-12(9-24)27-11-23-14-13(20-17(23)19)15(25)22-16(18)21-14/h12,24H,2-11H2,1H3,(H2,19,20)(H3,18,21,22,25). The van der Waals surface area contributed by atoms with Gasteiger partial charge < -0.3 is 26.0 Å². The molecule has 2 rings (SSSR count). The van der Waals surface area contributed by atoms with Crippen LogP contribution in [0.1, 0.15) is 45.4 Å². The van der Waals surface area contributed by atoms with Gasteiger partial charge in [0.15, 0.2) is 11.2 Å². The van der Waals surface area contributed by atoms with Crippen LogP contribution in [0.5, 0.6) is 0 Å². The largest absolute Gasteiger partial charge is 0.394 e. The van der Waals surface area contributed by atoms with E-state index in [4.69, 9.17) is 20.9 Å². The SMILES string of the molecule is CCCCCCCCOCC(CO)OCn1c(N)nc2c(=O)[nH]c(N)nc21. The van der Waals surface area contributed by atoms with Gasteiger partial charge in [-0.15, -0.1) is 0 Å². The molecule has 0 radical (unpaired) electrons. The molecule has 10 heteroatoms. The van der Waals surface area contributed by atoms with E-state index >= 15 is 0 Å². The van der Waals surface area contributed by atoms with Gasteiger partial charge in [-0.1, -0.05) is 39.0 Å². The number of ether oxygens (including phenoxy) is 2. The van der Waals surface area contributed by atoms with Crippen LogP contribution in [0.15, 0.2) is 4.79 Å². The fourth-order valence-corrected chi connectivity index (χ4v) is 2.70. The molecule has 152 valence electrons. The predicted octanol–water partition coefficient (Wildman–Crippen LogP) is 0.996. The van der Waals surface area contributed by atoms with Crippen LogP contribution in [-0.2, 0) is 16.2 Å². The number of aromatic nitrogens is 4. The summed E-state index contributed by atoms with van der Waals surface area (Å²) in [7, 11) is 0. The second-order valence-corrected chi connectivity index (χ2v) is 6.46. The third-order valence-electron chi connectivity index (χ3n) is 4.24. The van der Waals surface area contributed by atoms with Gasteiger partial charge in [0.05, 0.1) is 13.2 Å². The molecule has 0 saturated heterocycles. The Morgan fingerprint density at radius 3 is 2.67 bits per heavy atom. The van der Waals surface area contributed by atoms with Crippen LogP contribution in [0.3, 0.4) is 0 Å². The number of imidazole rings is 1. The molecule has 6 N–H and O–H groups in total. The Morgan fingerprint density at radius 2 is 1.93 bits per heavy atom. The van der Waals surface area contributed by atoms with Crippen molar-refractivity contribution in [2.45, 2.75) is 58.3 Å². The van der Waals surface area contributed by atoms with Gasteiger partial charge >= 0.3 is 0 Å². The van der Waals surface area contributed by atoms with E-state index in [1.54, 1.807) is 0 Å². The Balaban J connectivity index is 1.80. The number of aliphatic hydroxyl groups excluding tert-OH is 1. The number of nitrogens with two attached hydrogens (primary N) is 2. The van der Waals surface area contributed by atoms with Crippen LogP contribution in [0.2, 0.25) is 0 Å². The fourth-order valence-electron chi connectivity index (χ4n) is 2.70. The normalized spacial score (nSPS) is 12.7. The number of nitrogen functional groups attached to an aromatic ring is 2. The van der Waals surface area contributed by atoms with E-state index < -0.39 is 11.7 Å². The molecule has 0 fully saturated rings. The lowest BCUT2D eigenvalue weighted by molar-refractivity contribution is -0.0663. The Kier molecular flexibility index (Phi) is 8.49. The van der Waals surface area contributed by atoms with Crippen LogP contribution >= 0.6 is 0 Å². The highest BCUT2D eigenvalue weighted by Crippen LogP contribution is 2.13. The first kappa shape index (κ1) is 21.1. The van der Waals surface area contributed by atoms with Crippen LogP contribution in [-0.4, -0.2) is 50.6 Å². The second kappa shape index (κ2) is 10.9. The third kappa shape index (κ3) is 6.19. The van der Waals surface area contributed by atoms with E-state index in [1.807, 2.05) is 0 Å². The topological polar surface area (TPSA) is 154 Å². The minimum Gasteiger partial charge on any atom is -0.394 e. The van der Waals surface area contributed by atoms with Gasteiger partial charge in [0, 0.05) is 6.61 Å². The Morgan fingerprint density at radius 1 is 1.19 bits per heavy atom. The van der Waals surface area contributed by atoms with E-state index in [1.165, 1.54) is 30.3 Å². The van der Waals surface area contributed by atoms with Crippen molar-refractivity contribution in [2.24, 2.45) is 0 Å². The molecule has 0 aliphatic heterocycles. The summed E-state index contributed by atoms with van der Waals surface area (Å²) in [6.07, 6.45) is 6.62. The van der Waals surface area contributed by atoms with Gasteiger partial charge in [0.25, 0.3) is 5.56 Å². The number of anilines is 2. The van der Waals surface area contributed by atoms with Gasteiger partial charge in [0.2, 0.25) is 11.9 Å². The first-order valence-electron chi connectivity index (χ1n) is 9.38. The summed E-state index contributed by atoms with van der Waals surface area (Å²) in [5.41, 5.74) is 11.3. The number of unbranched alkanes of at least 4 members (excludes halogenated alkanes) is 5. The van der Waals surface area contributed by atoms with Gasteiger partial charge in [-0.2, -0.15) is 4.98 Å². The average Bonchev–Trinajstić information content (AvgIpc) is 2.96. The summed E-state index contributed by atoms with van der Waals surface area (Å²) in [6, 6.07) is 0. The lowest BCUT2D eigenvalue weighted by Gasteiger charge is -2.16. The summed E-state index contributed by atoms with van der Waals surface area (Å²) in [6.45, 7) is 2.88. The highest BCUT2D eigenvalue weighted by molar-refractivity contribution is 5.73. The Bertz CT molecular complexity index is 760. The minimum absolute atomic E-state index is 0.0240. The number of hydrogen-bond donors (Lipinski definition) is 4. The molecule has 2 aromatic heterocycles. The predicted molar refractivity (Wildman–Crippen MR) is 103 cm³/mol. The van der Waals surface area contributed by atoms with E-state index in [2.05, 4.69) is 21.9 Å². The van der Waals surface area contributed by atoms with Crippen LogP contribution in [0.25, 0.3) is 11.2 Å². The Labute approximate surface area is 157 Å². The van der Waals surface area contributed by atoms with Crippen molar-refractivity contribution >= 4 is 23.1 Å². The second-order valence-electron chi connectivity index (χ2n) is 6.46. The van der Waals surface area contributed by atoms with Crippen LogP contribution in [0, 0.1) is 0 Å². The van der Waals surface area contributed by atoms with Crippen LogP contribution in [0.4, 0.5) is 11.9 Å². The molecular weight excluding hydrogens is 352 g/mol. The number of fused-ring (bicyclic) bond motifs is 1. The summed E-state index contributed by atoms with van der Waals surface area (Å²) in [5.74, 6) is 0.0490. The molecule has 0 saturated carbocycles. The summed E-state index contributed by atoms with van der Waals surface area (Å²) >= 11 is 0. The molecule has 0 spiro atoms. The van der Waals surface area contributed by atoms with Gasteiger partial charge in [-0.3, -0.25) is 14.3 Å². The molecule has 0 bridgehead atoms. The van der Waals surface area contributed by atoms with E-state index in [0.29, 0.717) is 6.61 Å². The molecule has 0 aliphatic carbocycles. The van der Waals surface area contributed by atoms with E-state index in [9.17, 15) is 9.90 Å². The third-order valence-corrected chi connectivity index (χ3v) is 4.24. The van der Waals surface area contributed by atoms with Crippen molar-refractivity contribution in [1.82, 2.24) is 19.5 Å². The quantitative estimate of drug-likeness (QED) is 0.374. The van der Waals surface area contributed by atoms with Gasteiger partial charge in [-0.25, -0.2) is 4.98 Å². The summed E-state index contributed by atoms with van der Waals surface area (Å²) in [4.78, 5) is 22.2. The number of nitrogens with one attached hydrogen (secondary N) is 1. The fraction of sp³-hybridized carbons (Fsp3) is 0.706. The molecule has 1 unspecified atom stereocenters. The summed E-state index contributed by atoms with van der Waals surface area (Å²) < 4.78 is 12.7. The lowest BCUT2D eigenvalue weighted by atomic mass is 10.1. The first-order valence-corrected chi connectivity index (χ1v) is 9.38. The molecule has 2 heterocycles. The zero-order valence-electron chi connectivity index (χ0n) is 15.8. The number of rotatable bonds is 13. The smallest absolute Gasteiger partial charge is 0.280 e. The van der Waals surface area contributed by atoms with Crippen molar-refractivity contribution < 1.29 is 14.6 Å². The van der Waals surface area contributed by atoms with Gasteiger partial charge in [-0.05, 0) is 6.42 Å². The van der Waals surface area contributed by atoms with E-state index in [-0.39, 0.29) is 43.0 Å². The average molecular weight is 382 g/mol. The molecule has 0 aliphatic rings. The van der Waals surface area contributed by atoms with E-state index in [0.717, 1.165) is 12.8 Å². The zero-order chi connectivity index (χ0) is 19.6. The molecule has 27 heavy (non-hydrogen) atoms. The molecule has 0 aromatic carbocycles. The van der Waals surface area contributed by atoms with Crippen LogP contribution < -0.4 is 17.0 Å².